The lowest BCUT2D eigenvalue weighted by Crippen LogP contribution is -2.30. The molecule has 5 heteroatoms. The van der Waals surface area contributed by atoms with Crippen molar-refractivity contribution in [3.05, 3.63) is 58.3 Å². The van der Waals surface area contributed by atoms with Gasteiger partial charge in [-0.15, -0.1) is 0 Å². The highest BCUT2D eigenvalue weighted by Crippen LogP contribution is 2.53. The number of carbonyl (C=O) groups is 1. The van der Waals surface area contributed by atoms with Gasteiger partial charge in [0.15, 0.2) is 5.78 Å². The number of Topliss-reactive ketones (excluding diaryl/α,β-unsaturated/α-hetero) is 1. The van der Waals surface area contributed by atoms with Gasteiger partial charge in [-0.1, -0.05) is 19.1 Å². The van der Waals surface area contributed by atoms with Crippen molar-refractivity contribution in [2.45, 2.75) is 41.0 Å². The number of allylic oxidation sites excluding steroid dienone is 8. The van der Waals surface area contributed by atoms with Crippen LogP contribution in [0.1, 0.15) is 41.0 Å². The number of fused-ring (bicyclic) bond motifs is 2. The number of ether oxygens (including phenoxy) is 2. The Bertz CT molecular complexity index is 826. The lowest BCUT2D eigenvalue weighted by Gasteiger charge is -2.33. The average molecular weight is 400 g/mol. The summed E-state index contributed by atoms with van der Waals surface area (Å²) >= 11 is 0. The second-order valence-electron chi connectivity index (χ2n) is 8.38. The van der Waals surface area contributed by atoms with Crippen molar-refractivity contribution in [2.24, 2.45) is 11.3 Å². The van der Waals surface area contributed by atoms with E-state index in [0.717, 1.165) is 53.5 Å². The summed E-state index contributed by atoms with van der Waals surface area (Å²) in [6.45, 7) is 13.1. The minimum Gasteiger partial charge on any atom is -0.497 e. The molecule has 1 aliphatic heterocycles. The number of likely N-dealkylation sites (N-methyl/N-ethyl adjacent to an activating group) is 1. The van der Waals surface area contributed by atoms with Gasteiger partial charge in [0.1, 0.15) is 18.1 Å². The Hall–Kier alpha value is -2.11. The maximum absolute atomic E-state index is 13.2. The first-order valence-electron chi connectivity index (χ1n) is 10.5. The molecule has 3 rings (SSSR count). The van der Waals surface area contributed by atoms with E-state index in [1.165, 1.54) is 0 Å². The molecule has 0 fully saturated rings. The Balaban J connectivity index is 1.78. The molecule has 0 aromatic heterocycles. The van der Waals surface area contributed by atoms with Gasteiger partial charge < -0.3 is 14.6 Å². The Morgan fingerprint density at radius 2 is 2.17 bits per heavy atom. The number of aliphatic hydroxyl groups is 1. The summed E-state index contributed by atoms with van der Waals surface area (Å²) in [6, 6.07) is 0. The summed E-state index contributed by atoms with van der Waals surface area (Å²) in [4.78, 5) is 15.3. The number of hydrogen-bond donors (Lipinski definition) is 1. The number of rotatable bonds is 8. The van der Waals surface area contributed by atoms with Gasteiger partial charge in [0.2, 0.25) is 0 Å². The molecule has 29 heavy (non-hydrogen) atoms. The van der Waals surface area contributed by atoms with Crippen LogP contribution < -0.4 is 0 Å². The molecular formula is C24H33NO4. The van der Waals surface area contributed by atoms with Crippen LogP contribution in [-0.2, 0) is 14.3 Å². The number of aliphatic hydroxyl groups excluding tert-OH is 1. The van der Waals surface area contributed by atoms with E-state index < -0.39 is 5.41 Å². The van der Waals surface area contributed by atoms with Crippen LogP contribution in [0.3, 0.4) is 0 Å². The van der Waals surface area contributed by atoms with Crippen molar-refractivity contribution in [1.82, 2.24) is 4.90 Å². The van der Waals surface area contributed by atoms with Gasteiger partial charge in [-0.05, 0) is 58.4 Å². The Kier molecular flexibility index (Phi) is 6.49. The fourth-order valence-electron chi connectivity index (χ4n) is 4.39. The summed E-state index contributed by atoms with van der Waals surface area (Å²) in [5, 5.41) is 9.10. The third-order valence-electron chi connectivity index (χ3n) is 6.10. The van der Waals surface area contributed by atoms with E-state index in [1.807, 2.05) is 32.1 Å². The summed E-state index contributed by atoms with van der Waals surface area (Å²) < 4.78 is 12.1. The predicted octanol–water partition coefficient (Wildman–Crippen LogP) is 3.89. The van der Waals surface area contributed by atoms with Crippen molar-refractivity contribution < 1.29 is 19.4 Å². The SMILES string of the molecule is CCN(CCO)CCO/C(C)=C/C1=C(C)C(=O)C2=C(OC3=CC=CCC32)C1(C)C. The topological polar surface area (TPSA) is 59.0 Å². The fourth-order valence-corrected chi connectivity index (χ4v) is 4.39. The molecule has 158 valence electrons. The van der Waals surface area contributed by atoms with Crippen molar-refractivity contribution in [3.63, 3.8) is 0 Å². The monoisotopic (exact) mass is 399 g/mol. The smallest absolute Gasteiger partial charge is 0.189 e. The van der Waals surface area contributed by atoms with Gasteiger partial charge in [-0.2, -0.15) is 0 Å². The van der Waals surface area contributed by atoms with E-state index in [1.54, 1.807) is 0 Å². The van der Waals surface area contributed by atoms with E-state index in [0.29, 0.717) is 13.2 Å². The molecule has 3 aliphatic rings. The minimum absolute atomic E-state index is 0.0474. The molecule has 0 saturated heterocycles. The Morgan fingerprint density at radius 3 is 2.86 bits per heavy atom. The molecule has 0 spiro atoms. The first-order chi connectivity index (χ1) is 13.8. The van der Waals surface area contributed by atoms with Gasteiger partial charge in [-0.3, -0.25) is 9.69 Å². The van der Waals surface area contributed by atoms with Crippen LogP contribution in [0.15, 0.2) is 58.3 Å². The normalized spacial score (nSPS) is 23.3. The van der Waals surface area contributed by atoms with Crippen LogP contribution in [0.5, 0.6) is 0 Å². The van der Waals surface area contributed by atoms with Crippen LogP contribution >= 0.6 is 0 Å². The van der Waals surface area contributed by atoms with Gasteiger partial charge in [0.25, 0.3) is 0 Å². The third kappa shape index (κ3) is 4.12. The highest BCUT2D eigenvalue weighted by molar-refractivity contribution is 6.11. The zero-order valence-electron chi connectivity index (χ0n) is 18.2. The van der Waals surface area contributed by atoms with Crippen LogP contribution in [0, 0.1) is 11.3 Å². The lowest BCUT2D eigenvalue weighted by molar-refractivity contribution is -0.113. The largest absolute Gasteiger partial charge is 0.497 e. The third-order valence-corrected chi connectivity index (χ3v) is 6.10. The molecule has 0 aromatic rings. The molecule has 1 heterocycles. The lowest BCUT2D eigenvalue weighted by atomic mass is 9.70. The van der Waals surface area contributed by atoms with Crippen LogP contribution in [0.25, 0.3) is 0 Å². The van der Waals surface area contributed by atoms with Crippen LogP contribution in [0.4, 0.5) is 0 Å². The number of nitrogens with zero attached hydrogens (tertiary/aromatic N) is 1. The summed E-state index contributed by atoms with van der Waals surface area (Å²) in [5.74, 6) is 2.58. The maximum atomic E-state index is 13.2. The van der Waals surface area contributed by atoms with Gasteiger partial charge >= 0.3 is 0 Å². The molecule has 0 bridgehead atoms. The number of hydrogen-bond acceptors (Lipinski definition) is 5. The van der Waals surface area contributed by atoms with Crippen molar-refractivity contribution >= 4 is 5.78 Å². The van der Waals surface area contributed by atoms with E-state index in [-0.39, 0.29) is 18.3 Å². The second-order valence-corrected chi connectivity index (χ2v) is 8.38. The molecule has 0 aromatic carbocycles. The molecule has 0 saturated carbocycles. The highest BCUT2D eigenvalue weighted by atomic mass is 16.5. The molecule has 1 N–H and O–H groups in total. The fraction of sp³-hybridized carbons (Fsp3) is 0.542. The quantitative estimate of drug-likeness (QED) is 0.628. The van der Waals surface area contributed by atoms with Crippen LogP contribution in [0.2, 0.25) is 0 Å². The zero-order valence-corrected chi connectivity index (χ0v) is 18.2. The summed E-state index contributed by atoms with van der Waals surface area (Å²) in [7, 11) is 0. The zero-order chi connectivity index (χ0) is 21.2. The molecule has 2 aliphatic carbocycles. The highest BCUT2D eigenvalue weighted by Gasteiger charge is 2.48. The summed E-state index contributed by atoms with van der Waals surface area (Å²) in [6.07, 6.45) is 8.86. The molecule has 1 unspecified atom stereocenters. The molecule has 1 atom stereocenters. The minimum atomic E-state index is -0.400. The van der Waals surface area contributed by atoms with Crippen molar-refractivity contribution in [1.29, 1.82) is 0 Å². The second kappa shape index (κ2) is 8.72. The first-order valence-corrected chi connectivity index (χ1v) is 10.5. The summed E-state index contributed by atoms with van der Waals surface area (Å²) in [5.41, 5.74) is 2.14. The molecule has 0 amide bonds. The van der Waals surface area contributed by atoms with Gasteiger partial charge in [0.05, 0.1) is 18.3 Å². The maximum Gasteiger partial charge on any atom is 0.189 e. The van der Waals surface area contributed by atoms with Crippen molar-refractivity contribution in [2.75, 3.05) is 32.8 Å². The average Bonchev–Trinajstić information content (AvgIpc) is 3.10. The first kappa shape index (κ1) is 21.6. The van der Waals surface area contributed by atoms with Gasteiger partial charge in [0, 0.05) is 29.7 Å². The standard InChI is InChI=1S/C24H33NO4/c1-6-25(11-13-26)12-14-28-16(2)15-19-17(3)22(27)21-18-9-7-8-10-20(18)29-23(21)24(19,4)5/h7-8,10,15,18,26H,6,9,11-14H2,1-5H3/b16-15+. The molecule has 5 nitrogen and oxygen atoms in total. The van der Waals surface area contributed by atoms with E-state index in [4.69, 9.17) is 14.6 Å². The van der Waals surface area contributed by atoms with E-state index in [2.05, 4.69) is 31.7 Å². The van der Waals surface area contributed by atoms with E-state index in [9.17, 15) is 4.79 Å². The van der Waals surface area contributed by atoms with E-state index >= 15 is 0 Å². The number of carbonyl (C=O) groups excluding carboxylic acids is 1. The van der Waals surface area contributed by atoms with Crippen LogP contribution in [-0.4, -0.2) is 48.6 Å². The van der Waals surface area contributed by atoms with Crippen molar-refractivity contribution in [3.8, 4) is 0 Å². The van der Waals surface area contributed by atoms with Gasteiger partial charge in [-0.25, -0.2) is 0 Å². The predicted molar refractivity (Wildman–Crippen MR) is 114 cm³/mol. The Morgan fingerprint density at radius 1 is 1.41 bits per heavy atom. The number of ketones is 1. The molecular weight excluding hydrogens is 366 g/mol. The molecule has 0 radical (unpaired) electrons. The Labute approximate surface area is 174 Å².